The summed E-state index contributed by atoms with van der Waals surface area (Å²) in [5.41, 5.74) is 0.953. The second-order valence-corrected chi connectivity index (χ2v) is 3.34. The molecule has 11 heavy (non-hydrogen) atoms. The van der Waals surface area contributed by atoms with Crippen LogP contribution in [0.25, 0.3) is 0 Å². The first-order chi connectivity index (χ1) is 5.09. The Balaban J connectivity index is 2.73. The van der Waals surface area contributed by atoms with Crippen molar-refractivity contribution in [2.45, 2.75) is 25.5 Å². The number of hydrogen-bond donors (Lipinski definition) is 1. The molecule has 0 fully saturated rings. The maximum Gasteiger partial charge on any atom is 0.195 e. The van der Waals surface area contributed by atoms with Crippen LogP contribution in [0.5, 0.6) is 0 Å². The van der Waals surface area contributed by atoms with Gasteiger partial charge >= 0.3 is 0 Å². The van der Waals surface area contributed by atoms with Crippen LogP contribution in [0.3, 0.4) is 0 Å². The topological polar surface area (TPSA) is 26.0 Å². The van der Waals surface area contributed by atoms with Crippen LogP contribution in [0.4, 0.5) is 0 Å². The van der Waals surface area contributed by atoms with Gasteiger partial charge in [-0.05, 0) is 20.8 Å². The van der Waals surface area contributed by atoms with Crippen molar-refractivity contribution in [3.63, 3.8) is 0 Å². The predicted octanol–water partition coefficient (Wildman–Crippen LogP) is 1.97. The van der Waals surface area contributed by atoms with Crippen molar-refractivity contribution in [2.75, 3.05) is 0 Å². The SMILES string of the molecule is [CH2]C(S)Cc1nc(C)c(C)o1. The Bertz CT molecular complexity index is 223. The lowest BCUT2D eigenvalue weighted by Crippen LogP contribution is -1.97. The average Bonchev–Trinajstić information content (AvgIpc) is 2.10. The first-order valence-electron chi connectivity index (χ1n) is 3.53. The quantitative estimate of drug-likeness (QED) is 0.687. The molecule has 0 aliphatic rings. The molecule has 3 heteroatoms. The summed E-state index contributed by atoms with van der Waals surface area (Å²) in [7, 11) is 0. The number of hydrogen-bond acceptors (Lipinski definition) is 3. The zero-order chi connectivity index (χ0) is 8.43. The Morgan fingerprint density at radius 1 is 1.64 bits per heavy atom. The van der Waals surface area contributed by atoms with E-state index in [1.54, 1.807) is 0 Å². The monoisotopic (exact) mass is 170 g/mol. The molecule has 61 valence electrons. The molecule has 0 saturated heterocycles. The fraction of sp³-hybridized carbons (Fsp3) is 0.500. The van der Waals surface area contributed by atoms with Crippen LogP contribution in [-0.2, 0) is 6.42 Å². The van der Waals surface area contributed by atoms with Crippen molar-refractivity contribution >= 4 is 12.6 Å². The Morgan fingerprint density at radius 3 is 2.64 bits per heavy atom. The largest absolute Gasteiger partial charge is 0.446 e. The van der Waals surface area contributed by atoms with Gasteiger partial charge in [0.2, 0.25) is 0 Å². The fourth-order valence-electron chi connectivity index (χ4n) is 0.828. The standard InChI is InChI=1S/C8H12NOS/c1-5(11)4-8-9-6(2)7(3)10-8/h5,11H,1,4H2,2-3H3. The number of oxazole rings is 1. The third-order valence-electron chi connectivity index (χ3n) is 1.48. The Hall–Kier alpha value is -0.440. The lowest BCUT2D eigenvalue weighted by molar-refractivity contribution is 0.472. The molecule has 1 radical (unpaired) electrons. The Labute approximate surface area is 72.4 Å². The predicted molar refractivity (Wildman–Crippen MR) is 47.8 cm³/mol. The highest BCUT2D eigenvalue weighted by molar-refractivity contribution is 7.81. The first kappa shape index (κ1) is 8.65. The summed E-state index contributed by atoms with van der Waals surface area (Å²) < 4.78 is 5.33. The molecule has 0 aliphatic carbocycles. The molecule has 2 nitrogen and oxygen atoms in total. The van der Waals surface area contributed by atoms with Crippen LogP contribution in [0.15, 0.2) is 4.42 Å². The van der Waals surface area contributed by atoms with Gasteiger partial charge in [-0.3, -0.25) is 0 Å². The van der Waals surface area contributed by atoms with E-state index in [0.717, 1.165) is 17.3 Å². The molecular weight excluding hydrogens is 158 g/mol. The van der Waals surface area contributed by atoms with Crippen LogP contribution >= 0.6 is 12.6 Å². The fourth-order valence-corrected chi connectivity index (χ4v) is 0.984. The molecule has 0 spiro atoms. The van der Waals surface area contributed by atoms with Crippen molar-refractivity contribution < 1.29 is 4.42 Å². The highest BCUT2D eigenvalue weighted by atomic mass is 32.1. The summed E-state index contributed by atoms with van der Waals surface area (Å²) in [6.45, 7) is 7.57. The number of thiol groups is 1. The molecule has 0 amide bonds. The summed E-state index contributed by atoms with van der Waals surface area (Å²) in [5.74, 6) is 1.61. The van der Waals surface area contributed by atoms with Gasteiger partial charge in [-0.1, -0.05) is 0 Å². The third kappa shape index (κ3) is 2.26. The van der Waals surface area contributed by atoms with Crippen molar-refractivity contribution in [1.82, 2.24) is 4.98 Å². The molecular formula is C8H12NOS. The lowest BCUT2D eigenvalue weighted by Gasteiger charge is -1.96. The van der Waals surface area contributed by atoms with E-state index >= 15 is 0 Å². The molecule has 1 unspecified atom stereocenters. The van der Waals surface area contributed by atoms with Gasteiger partial charge in [-0.15, -0.1) is 0 Å². The van der Waals surface area contributed by atoms with Crippen molar-refractivity contribution in [2.24, 2.45) is 0 Å². The van der Waals surface area contributed by atoms with Crippen molar-refractivity contribution in [1.29, 1.82) is 0 Å². The summed E-state index contributed by atoms with van der Waals surface area (Å²) in [4.78, 5) is 4.19. The Morgan fingerprint density at radius 2 is 2.27 bits per heavy atom. The van der Waals surface area contributed by atoms with Crippen molar-refractivity contribution in [3.8, 4) is 0 Å². The van der Waals surface area contributed by atoms with Gasteiger partial charge in [0.05, 0.1) is 5.69 Å². The normalized spacial score (nSPS) is 13.5. The number of aryl methyl sites for hydroxylation is 2. The van der Waals surface area contributed by atoms with E-state index in [0.29, 0.717) is 6.42 Å². The molecule has 1 aromatic rings. The number of aromatic nitrogens is 1. The highest BCUT2D eigenvalue weighted by Crippen LogP contribution is 2.11. The molecule has 1 heterocycles. The van der Waals surface area contributed by atoms with Crippen LogP contribution < -0.4 is 0 Å². The summed E-state index contributed by atoms with van der Waals surface area (Å²) in [6, 6.07) is 0. The van der Waals surface area contributed by atoms with Crippen molar-refractivity contribution in [3.05, 3.63) is 24.3 Å². The highest BCUT2D eigenvalue weighted by Gasteiger charge is 2.06. The maximum absolute atomic E-state index is 5.33. The second kappa shape index (κ2) is 3.30. The van der Waals surface area contributed by atoms with E-state index in [-0.39, 0.29) is 5.25 Å². The summed E-state index contributed by atoms with van der Waals surface area (Å²) in [5, 5.41) is 0.0625. The van der Waals surface area contributed by atoms with Crippen LogP contribution in [0, 0.1) is 20.8 Å². The zero-order valence-corrected chi connectivity index (χ0v) is 7.69. The average molecular weight is 170 g/mol. The van der Waals surface area contributed by atoms with Gasteiger partial charge in [0, 0.05) is 11.7 Å². The van der Waals surface area contributed by atoms with Gasteiger partial charge in [0.25, 0.3) is 0 Å². The third-order valence-corrected chi connectivity index (χ3v) is 1.67. The molecule has 1 atom stereocenters. The molecule has 1 rings (SSSR count). The Kier molecular flexibility index (Phi) is 2.60. The van der Waals surface area contributed by atoms with E-state index in [1.807, 2.05) is 13.8 Å². The zero-order valence-electron chi connectivity index (χ0n) is 6.79. The minimum absolute atomic E-state index is 0.0625. The molecule has 0 bridgehead atoms. The van der Waals surface area contributed by atoms with Gasteiger partial charge < -0.3 is 4.42 Å². The van der Waals surface area contributed by atoms with E-state index in [4.69, 9.17) is 4.42 Å². The first-order valence-corrected chi connectivity index (χ1v) is 4.05. The van der Waals surface area contributed by atoms with E-state index in [9.17, 15) is 0 Å². The van der Waals surface area contributed by atoms with E-state index in [2.05, 4.69) is 24.5 Å². The minimum Gasteiger partial charge on any atom is -0.446 e. The minimum atomic E-state index is 0.0625. The summed E-state index contributed by atoms with van der Waals surface area (Å²) in [6.07, 6.45) is 0.692. The van der Waals surface area contributed by atoms with Crippen LogP contribution in [0.1, 0.15) is 17.3 Å². The van der Waals surface area contributed by atoms with E-state index < -0.39 is 0 Å². The molecule has 0 aromatic carbocycles. The molecule has 1 aromatic heterocycles. The van der Waals surface area contributed by atoms with Gasteiger partial charge in [0.1, 0.15) is 5.76 Å². The molecule has 0 N–H and O–H groups in total. The molecule has 0 aliphatic heterocycles. The molecule has 0 saturated carbocycles. The van der Waals surface area contributed by atoms with Crippen LogP contribution in [-0.4, -0.2) is 10.2 Å². The summed E-state index contributed by atoms with van der Waals surface area (Å²) >= 11 is 4.14. The number of nitrogens with zero attached hydrogens (tertiary/aromatic N) is 1. The number of rotatable bonds is 2. The maximum atomic E-state index is 5.33. The smallest absolute Gasteiger partial charge is 0.195 e. The van der Waals surface area contributed by atoms with Gasteiger partial charge in [-0.25, -0.2) is 4.98 Å². The van der Waals surface area contributed by atoms with Crippen LogP contribution in [0.2, 0.25) is 0 Å². The van der Waals surface area contributed by atoms with Gasteiger partial charge in [0.15, 0.2) is 5.89 Å². The lowest BCUT2D eigenvalue weighted by atomic mass is 10.3. The van der Waals surface area contributed by atoms with Gasteiger partial charge in [-0.2, -0.15) is 12.6 Å². The van der Waals surface area contributed by atoms with E-state index in [1.165, 1.54) is 0 Å². The second-order valence-electron chi connectivity index (χ2n) is 2.61.